The molecule has 2 rings (SSSR count). The average molecular weight is 312 g/mol. The molecule has 2 N–H and O–H groups in total. The number of halogens is 1. The molecule has 0 saturated heterocycles. The summed E-state index contributed by atoms with van der Waals surface area (Å²) in [6, 6.07) is 4.01. The highest BCUT2D eigenvalue weighted by Gasteiger charge is 2.32. The van der Waals surface area contributed by atoms with Crippen molar-refractivity contribution in [2.75, 3.05) is 0 Å². The zero-order chi connectivity index (χ0) is 15.6. The van der Waals surface area contributed by atoms with E-state index in [1.807, 2.05) is 6.07 Å². The van der Waals surface area contributed by atoms with Crippen molar-refractivity contribution >= 4 is 16.0 Å². The van der Waals surface area contributed by atoms with Crippen LogP contribution in [0.4, 0.5) is 4.39 Å². The number of carbonyl (C=O) groups is 1. The maximum atomic E-state index is 13.7. The predicted octanol–water partition coefficient (Wildman–Crippen LogP) is 1.49. The van der Waals surface area contributed by atoms with E-state index in [-0.39, 0.29) is 5.56 Å². The maximum Gasteiger partial charge on any atom is 0.335 e. The summed E-state index contributed by atoms with van der Waals surface area (Å²) < 4.78 is 40.4. The van der Waals surface area contributed by atoms with E-state index in [0.29, 0.717) is 19.3 Å². The van der Waals surface area contributed by atoms with E-state index in [0.717, 1.165) is 18.2 Å². The van der Waals surface area contributed by atoms with Gasteiger partial charge in [0.1, 0.15) is 10.7 Å². The van der Waals surface area contributed by atoms with E-state index in [2.05, 4.69) is 4.72 Å². The van der Waals surface area contributed by atoms with Gasteiger partial charge in [0.25, 0.3) is 0 Å². The summed E-state index contributed by atoms with van der Waals surface area (Å²) in [5.41, 5.74) is -0.319. The van der Waals surface area contributed by atoms with Crippen molar-refractivity contribution < 1.29 is 22.7 Å². The zero-order valence-corrected chi connectivity index (χ0v) is 11.7. The van der Waals surface area contributed by atoms with Gasteiger partial charge in [-0.05, 0) is 31.0 Å². The molecule has 0 aliphatic heterocycles. The average Bonchev–Trinajstić information content (AvgIpc) is 2.85. The van der Waals surface area contributed by atoms with Crippen molar-refractivity contribution in [3.8, 4) is 6.07 Å². The van der Waals surface area contributed by atoms with E-state index in [4.69, 9.17) is 10.4 Å². The second-order valence-corrected chi connectivity index (χ2v) is 6.53. The molecule has 0 bridgehead atoms. The molecule has 2 unspecified atom stereocenters. The molecule has 1 saturated carbocycles. The summed E-state index contributed by atoms with van der Waals surface area (Å²) in [6.45, 7) is 0. The first-order valence-corrected chi connectivity index (χ1v) is 7.78. The number of benzene rings is 1. The first-order chi connectivity index (χ1) is 9.85. The molecule has 0 spiro atoms. The molecular weight excluding hydrogens is 299 g/mol. The van der Waals surface area contributed by atoms with Gasteiger partial charge in [-0.15, -0.1) is 0 Å². The highest BCUT2D eigenvalue weighted by molar-refractivity contribution is 7.89. The molecule has 1 aromatic rings. The Labute approximate surface area is 121 Å². The normalized spacial score (nSPS) is 21.9. The van der Waals surface area contributed by atoms with Crippen LogP contribution >= 0.6 is 0 Å². The maximum absolute atomic E-state index is 13.7. The van der Waals surface area contributed by atoms with E-state index in [1.54, 1.807) is 0 Å². The van der Waals surface area contributed by atoms with Gasteiger partial charge in [0.2, 0.25) is 10.0 Å². The lowest BCUT2D eigenvalue weighted by Crippen LogP contribution is -2.37. The van der Waals surface area contributed by atoms with Crippen molar-refractivity contribution in [2.45, 2.75) is 30.2 Å². The molecule has 1 fully saturated rings. The topological polar surface area (TPSA) is 107 Å². The first kappa shape index (κ1) is 15.4. The number of aromatic carboxylic acids is 1. The van der Waals surface area contributed by atoms with Crippen LogP contribution in [0, 0.1) is 23.1 Å². The Kier molecular flexibility index (Phi) is 4.25. The molecule has 1 aliphatic carbocycles. The SMILES string of the molecule is N#CC1CCCC1NS(=O)(=O)c1cc(C(=O)O)ccc1F. The van der Waals surface area contributed by atoms with E-state index >= 15 is 0 Å². The lowest BCUT2D eigenvalue weighted by molar-refractivity contribution is 0.0696. The third kappa shape index (κ3) is 3.20. The number of carboxylic acid groups (broad SMARTS) is 1. The Bertz CT molecular complexity index is 711. The van der Waals surface area contributed by atoms with E-state index in [9.17, 15) is 17.6 Å². The van der Waals surface area contributed by atoms with Crippen molar-refractivity contribution in [1.82, 2.24) is 4.72 Å². The largest absolute Gasteiger partial charge is 0.478 e. The third-order valence-electron chi connectivity index (χ3n) is 3.46. The zero-order valence-electron chi connectivity index (χ0n) is 10.9. The van der Waals surface area contributed by atoms with Crippen LogP contribution in [-0.2, 0) is 10.0 Å². The number of hydrogen-bond acceptors (Lipinski definition) is 4. The summed E-state index contributed by atoms with van der Waals surface area (Å²) in [6.07, 6.45) is 1.79. The fraction of sp³-hybridized carbons (Fsp3) is 0.385. The lowest BCUT2D eigenvalue weighted by atomic mass is 10.1. The van der Waals surface area contributed by atoms with E-state index < -0.39 is 38.7 Å². The number of nitrogens with zero attached hydrogens (tertiary/aromatic N) is 1. The Morgan fingerprint density at radius 3 is 2.76 bits per heavy atom. The van der Waals surface area contributed by atoms with Gasteiger partial charge in [0.05, 0.1) is 17.6 Å². The molecule has 112 valence electrons. The Balaban J connectivity index is 2.34. The van der Waals surface area contributed by atoms with Gasteiger partial charge in [-0.3, -0.25) is 0 Å². The highest BCUT2D eigenvalue weighted by Crippen LogP contribution is 2.27. The van der Waals surface area contributed by atoms with Crippen LogP contribution in [0.2, 0.25) is 0 Å². The molecule has 1 aromatic carbocycles. The predicted molar refractivity (Wildman–Crippen MR) is 70.4 cm³/mol. The second kappa shape index (κ2) is 5.79. The summed E-state index contributed by atoms with van der Waals surface area (Å²) >= 11 is 0. The number of sulfonamides is 1. The van der Waals surface area contributed by atoms with Gasteiger partial charge in [0, 0.05) is 6.04 Å². The molecule has 6 nitrogen and oxygen atoms in total. The molecular formula is C13H13FN2O4S. The molecule has 2 atom stereocenters. The summed E-state index contributed by atoms with van der Waals surface area (Å²) in [7, 11) is -4.21. The Morgan fingerprint density at radius 1 is 1.43 bits per heavy atom. The fourth-order valence-electron chi connectivity index (χ4n) is 2.36. The molecule has 0 radical (unpaired) electrons. The number of carboxylic acids is 1. The molecule has 0 heterocycles. The number of nitrogens with one attached hydrogen (secondary N) is 1. The number of rotatable bonds is 4. The minimum atomic E-state index is -4.21. The first-order valence-electron chi connectivity index (χ1n) is 6.30. The Morgan fingerprint density at radius 2 is 2.14 bits per heavy atom. The van der Waals surface area contributed by atoms with Gasteiger partial charge >= 0.3 is 5.97 Å². The quantitative estimate of drug-likeness (QED) is 0.876. The third-order valence-corrected chi connectivity index (χ3v) is 4.96. The molecule has 1 aliphatic rings. The van der Waals surface area contributed by atoms with Gasteiger partial charge in [0.15, 0.2) is 0 Å². The van der Waals surface area contributed by atoms with Crippen molar-refractivity contribution in [3.63, 3.8) is 0 Å². The van der Waals surface area contributed by atoms with Gasteiger partial charge < -0.3 is 5.11 Å². The van der Waals surface area contributed by atoms with Gasteiger partial charge in [-0.1, -0.05) is 6.42 Å². The van der Waals surface area contributed by atoms with Crippen LogP contribution in [0.15, 0.2) is 23.1 Å². The smallest absolute Gasteiger partial charge is 0.335 e. The van der Waals surface area contributed by atoms with Crippen molar-refractivity contribution in [3.05, 3.63) is 29.6 Å². The summed E-state index contributed by atoms with van der Waals surface area (Å²) in [5.74, 6) is -2.83. The van der Waals surface area contributed by atoms with Crippen LogP contribution in [0.1, 0.15) is 29.6 Å². The molecule has 8 heteroatoms. The summed E-state index contributed by atoms with van der Waals surface area (Å²) in [5, 5.41) is 17.8. The standard InChI is InChI=1S/C13H13FN2O4S/c14-10-5-4-8(13(17)18)6-12(10)21(19,20)16-11-3-1-2-9(11)7-15/h4-6,9,11,16H,1-3H2,(H,17,18). The fourth-order valence-corrected chi connectivity index (χ4v) is 3.78. The van der Waals surface area contributed by atoms with Crippen molar-refractivity contribution in [1.29, 1.82) is 5.26 Å². The van der Waals surface area contributed by atoms with Crippen LogP contribution in [0.5, 0.6) is 0 Å². The number of hydrogen-bond donors (Lipinski definition) is 2. The molecule has 0 aromatic heterocycles. The Hall–Kier alpha value is -1.98. The van der Waals surface area contributed by atoms with Gasteiger partial charge in [-0.25, -0.2) is 22.3 Å². The van der Waals surface area contributed by atoms with Crippen LogP contribution in [0.25, 0.3) is 0 Å². The van der Waals surface area contributed by atoms with Gasteiger partial charge in [-0.2, -0.15) is 5.26 Å². The minimum absolute atomic E-state index is 0.319. The molecule has 0 amide bonds. The van der Waals surface area contributed by atoms with Crippen LogP contribution in [0.3, 0.4) is 0 Å². The van der Waals surface area contributed by atoms with Crippen LogP contribution in [-0.4, -0.2) is 25.5 Å². The lowest BCUT2D eigenvalue weighted by Gasteiger charge is -2.16. The second-order valence-electron chi connectivity index (χ2n) is 4.84. The van der Waals surface area contributed by atoms with E-state index in [1.165, 1.54) is 0 Å². The minimum Gasteiger partial charge on any atom is -0.478 e. The monoisotopic (exact) mass is 312 g/mol. The molecule has 21 heavy (non-hydrogen) atoms. The summed E-state index contributed by atoms with van der Waals surface area (Å²) in [4.78, 5) is 10.1. The van der Waals surface area contributed by atoms with Crippen LogP contribution < -0.4 is 4.72 Å². The number of nitriles is 1. The highest BCUT2D eigenvalue weighted by atomic mass is 32.2. The van der Waals surface area contributed by atoms with Crippen molar-refractivity contribution in [2.24, 2.45) is 5.92 Å².